The van der Waals surface area contributed by atoms with Gasteiger partial charge in [0.2, 0.25) is 5.91 Å². The molecule has 1 atom stereocenters. The van der Waals surface area contributed by atoms with Crippen molar-refractivity contribution in [2.45, 2.75) is 57.4 Å². The predicted molar refractivity (Wildman–Crippen MR) is 65.3 cm³/mol. The fourth-order valence-electron chi connectivity index (χ4n) is 2.75. The van der Waals surface area contributed by atoms with Crippen LogP contribution < -0.4 is 5.32 Å². The summed E-state index contributed by atoms with van der Waals surface area (Å²) in [6.07, 6.45) is 9.72. The lowest BCUT2D eigenvalue weighted by atomic mass is 10.1. The van der Waals surface area contributed by atoms with Crippen molar-refractivity contribution in [2.24, 2.45) is 0 Å². The highest BCUT2D eigenvalue weighted by Gasteiger charge is 2.24. The maximum absolute atomic E-state index is 12.3. The summed E-state index contributed by atoms with van der Waals surface area (Å²) in [5, 5.41) is 3.41. The zero-order chi connectivity index (χ0) is 11.2. The van der Waals surface area contributed by atoms with Gasteiger partial charge in [0.1, 0.15) is 0 Å². The number of hydrogen-bond donors (Lipinski definition) is 1. The van der Waals surface area contributed by atoms with Crippen molar-refractivity contribution in [2.75, 3.05) is 19.6 Å². The number of carbonyl (C=O) groups excluding carboxylic acids is 1. The molecule has 0 unspecified atom stereocenters. The maximum Gasteiger partial charge on any atom is 0.239 e. The zero-order valence-corrected chi connectivity index (χ0v) is 10.2. The average Bonchev–Trinajstić information content (AvgIpc) is 2.73. The third-order valence-electron chi connectivity index (χ3n) is 3.78. The second-order valence-corrected chi connectivity index (χ2v) is 5.10. The minimum atomic E-state index is 0.112. The molecule has 2 saturated heterocycles. The Kier molecular flexibility index (Phi) is 4.64. The summed E-state index contributed by atoms with van der Waals surface area (Å²) in [5.41, 5.74) is 0. The number of carbonyl (C=O) groups is 1. The first-order chi connectivity index (χ1) is 7.88. The van der Waals surface area contributed by atoms with Gasteiger partial charge in [-0.2, -0.15) is 0 Å². The normalized spacial score (nSPS) is 28.2. The summed E-state index contributed by atoms with van der Waals surface area (Å²) in [7, 11) is 0. The number of rotatable bonds is 1. The Balaban J connectivity index is 1.88. The van der Waals surface area contributed by atoms with Gasteiger partial charge >= 0.3 is 0 Å². The van der Waals surface area contributed by atoms with Crippen molar-refractivity contribution in [1.29, 1.82) is 0 Å². The molecule has 2 aliphatic rings. The van der Waals surface area contributed by atoms with E-state index in [4.69, 9.17) is 0 Å². The molecule has 0 bridgehead atoms. The molecule has 0 aliphatic carbocycles. The standard InChI is InChI=1S/C13H24N2O/c16-13(12-8-4-3-5-9-14-12)15-10-6-1-2-7-11-15/h12,14H,1-11H2/t12-/m0/s1. The lowest BCUT2D eigenvalue weighted by Crippen LogP contribution is -2.46. The summed E-state index contributed by atoms with van der Waals surface area (Å²) in [4.78, 5) is 14.4. The fourth-order valence-corrected chi connectivity index (χ4v) is 2.75. The smallest absolute Gasteiger partial charge is 0.239 e. The monoisotopic (exact) mass is 224 g/mol. The molecule has 1 N–H and O–H groups in total. The Labute approximate surface area is 98.6 Å². The minimum Gasteiger partial charge on any atom is -0.341 e. The molecule has 16 heavy (non-hydrogen) atoms. The van der Waals surface area contributed by atoms with Crippen LogP contribution in [0.4, 0.5) is 0 Å². The van der Waals surface area contributed by atoms with Crippen LogP contribution in [0.3, 0.4) is 0 Å². The predicted octanol–water partition coefficient (Wildman–Crippen LogP) is 1.92. The van der Waals surface area contributed by atoms with E-state index in [0.717, 1.165) is 26.1 Å². The highest BCUT2D eigenvalue weighted by atomic mass is 16.2. The lowest BCUT2D eigenvalue weighted by molar-refractivity contribution is -0.133. The quantitative estimate of drug-likeness (QED) is 0.738. The number of likely N-dealkylation sites (tertiary alicyclic amines) is 1. The second-order valence-electron chi connectivity index (χ2n) is 5.10. The fraction of sp³-hybridized carbons (Fsp3) is 0.923. The first kappa shape index (κ1) is 11.9. The molecule has 92 valence electrons. The molecule has 3 nitrogen and oxygen atoms in total. The van der Waals surface area contributed by atoms with Gasteiger partial charge in [0.05, 0.1) is 6.04 Å². The van der Waals surface area contributed by atoms with Crippen LogP contribution >= 0.6 is 0 Å². The number of nitrogens with one attached hydrogen (secondary N) is 1. The lowest BCUT2D eigenvalue weighted by Gasteiger charge is -2.25. The van der Waals surface area contributed by atoms with Crippen molar-refractivity contribution < 1.29 is 4.79 Å². The van der Waals surface area contributed by atoms with Crippen molar-refractivity contribution in [3.05, 3.63) is 0 Å². The van der Waals surface area contributed by atoms with Gasteiger partial charge < -0.3 is 10.2 Å². The van der Waals surface area contributed by atoms with Crippen LogP contribution in [-0.2, 0) is 4.79 Å². The SMILES string of the molecule is O=C([C@@H]1CCCCCN1)N1CCCCCC1. The molecular weight excluding hydrogens is 200 g/mol. The van der Waals surface area contributed by atoms with Crippen LogP contribution in [0.2, 0.25) is 0 Å². The van der Waals surface area contributed by atoms with Gasteiger partial charge in [-0.15, -0.1) is 0 Å². The van der Waals surface area contributed by atoms with E-state index in [1.807, 2.05) is 0 Å². The summed E-state index contributed by atoms with van der Waals surface area (Å²) in [5.74, 6) is 0.365. The van der Waals surface area contributed by atoms with Gasteiger partial charge in [0, 0.05) is 13.1 Å². The van der Waals surface area contributed by atoms with Crippen molar-refractivity contribution in [3.8, 4) is 0 Å². The molecule has 3 heteroatoms. The summed E-state index contributed by atoms with van der Waals surface area (Å²) in [6.45, 7) is 2.98. The second kappa shape index (κ2) is 6.24. The number of amides is 1. The molecule has 2 aliphatic heterocycles. The van der Waals surface area contributed by atoms with E-state index in [1.165, 1.54) is 44.9 Å². The van der Waals surface area contributed by atoms with Crippen LogP contribution in [0.1, 0.15) is 51.4 Å². The molecular formula is C13H24N2O. The van der Waals surface area contributed by atoms with E-state index in [1.54, 1.807) is 0 Å². The topological polar surface area (TPSA) is 32.3 Å². The summed E-state index contributed by atoms with van der Waals surface area (Å²) >= 11 is 0. The minimum absolute atomic E-state index is 0.112. The van der Waals surface area contributed by atoms with E-state index in [-0.39, 0.29) is 6.04 Å². The average molecular weight is 224 g/mol. The molecule has 0 aromatic heterocycles. The van der Waals surface area contributed by atoms with Crippen molar-refractivity contribution >= 4 is 5.91 Å². The van der Waals surface area contributed by atoms with E-state index in [2.05, 4.69) is 10.2 Å². The Morgan fingerprint density at radius 2 is 1.62 bits per heavy atom. The van der Waals surface area contributed by atoms with Gasteiger partial charge in [0.15, 0.2) is 0 Å². The Bertz CT molecular complexity index is 192. The molecule has 0 spiro atoms. The first-order valence-electron chi connectivity index (χ1n) is 6.90. The molecule has 1 amide bonds. The Hall–Kier alpha value is -0.570. The first-order valence-corrected chi connectivity index (χ1v) is 6.90. The third kappa shape index (κ3) is 3.21. The van der Waals surface area contributed by atoms with Crippen molar-refractivity contribution in [3.63, 3.8) is 0 Å². The van der Waals surface area contributed by atoms with E-state index in [0.29, 0.717) is 5.91 Å². The summed E-state index contributed by atoms with van der Waals surface area (Å²) < 4.78 is 0. The molecule has 0 aromatic rings. The molecule has 0 saturated carbocycles. The van der Waals surface area contributed by atoms with Crippen LogP contribution in [-0.4, -0.2) is 36.5 Å². The molecule has 2 fully saturated rings. The Morgan fingerprint density at radius 3 is 2.38 bits per heavy atom. The van der Waals surface area contributed by atoms with Crippen LogP contribution in [0.25, 0.3) is 0 Å². The molecule has 2 heterocycles. The van der Waals surface area contributed by atoms with Gasteiger partial charge in [-0.1, -0.05) is 25.7 Å². The van der Waals surface area contributed by atoms with Gasteiger partial charge in [0.25, 0.3) is 0 Å². The van der Waals surface area contributed by atoms with Crippen molar-refractivity contribution in [1.82, 2.24) is 10.2 Å². The van der Waals surface area contributed by atoms with Crippen LogP contribution in [0.15, 0.2) is 0 Å². The third-order valence-corrected chi connectivity index (χ3v) is 3.78. The van der Waals surface area contributed by atoms with Crippen LogP contribution in [0, 0.1) is 0 Å². The highest BCUT2D eigenvalue weighted by Crippen LogP contribution is 2.14. The Morgan fingerprint density at radius 1 is 0.938 bits per heavy atom. The zero-order valence-electron chi connectivity index (χ0n) is 10.2. The number of nitrogens with zero attached hydrogens (tertiary/aromatic N) is 1. The maximum atomic E-state index is 12.3. The molecule has 0 aromatic carbocycles. The molecule has 0 radical (unpaired) electrons. The van der Waals surface area contributed by atoms with E-state index < -0.39 is 0 Å². The highest BCUT2D eigenvalue weighted by molar-refractivity contribution is 5.81. The number of hydrogen-bond acceptors (Lipinski definition) is 2. The van der Waals surface area contributed by atoms with Gasteiger partial charge in [-0.05, 0) is 32.2 Å². The van der Waals surface area contributed by atoms with Crippen LogP contribution in [0.5, 0.6) is 0 Å². The summed E-state index contributed by atoms with van der Waals surface area (Å²) in [6, 6.07) is 0.112. The van der Waals surface area contributed by atoms with Gasteiger partial charge in [-0.25, -0.2) is 0 Å². The van der Waals surface area contributed by atoms with E-state index >= 15 is 0 Å². The van der Waals surface area contributed by atoms with Gasteiger partial charge in [-0.3, -0.25) is 4.79 Å². The molecule has 2 rings (SSSR count). The largest absolute Gasteiger partial charge is 0.341 e. The van der Waals surface area contributed by atoms with E-state index in [9.17, 15) is 4.79 Å².